The molecule has 1 amide bonds. The van der Waals surface area contributed by atoms with Gasteiger partial charge >= 0.3 is 0 Å². The molecule has 2 heterocycles. The van der Waals surface area contributed by atoms with Crippen molar-refractivity contribution in [1.29, 1.82) is 0 Å². The summed E-state index contributed by atoms with van der Waals surface area (Å²) in [7, 11) is -3.61. The zero-order valence-corrected chi connectivity index (χ0v) is 16.5. The molecular formula is C17H18BrN3O4S. The summed E-state index contributed by atoms with van der Waals surface area (Å²) in [5.41, 5.74) is 0.555. The first-order chi connectivity index (χ1) is 12.4. The molecule has 2 aromatic rings. The van der Waals surface area contributed by atoms with Crippen LogP contribution in [0.2, 0.25) is 0 Å². The van der Waals surface area contributed by atoms with E-state index in [0.717, 1.165) is 4.47 Å². The van der Waals surface area contributed by atoms with Crippen molar-refractivity contribution in [2.45, 2.75) is 24.3 Å². The Balaban J connectivity index is 1.69. The van der Waals surface area contributed by atoms with E-state index in [1.54, 1.807) is 24.4 Å². The van der Waals surface area contributed by atoms with Crippen molar-refractivity contribution >= 4 is 37.5 Å². The highest BCUT2D eigenvalue weighted by atomic mass is 79.9. The predicted octanol–water partition coefficient (Wildman–Crippen LogP) is 2.64. The van der Waals surface area contributed by atoms with Gasteiger partial charge in [0.25, 0.3) is 0 Å². The minimum Gasteiger partial charge on any atom is -0.472 e. The zero-order chi connectivity index (χ0) is 18.7. The Hall–Kier alpha value is -1.97. The summed E-state index contributed by atoms with van der Waals surface area (Å²) >= 11 is 3.37. The number of benzene rings is 1. The summed E-state index contributed by atoms with van der Waals surface area (Å²) < 4.78 is 33.5. The van der Waals surface area contributed by atoms with E-state index in [4.69, 9.17) is 4.74 Å². The van der Waals surface area contributed by atoms with Crippen LogP contribution < -0.4 is 10.1 Å². The molecule has 0 bridgehead atoms. The summed E-state index contributed by atoms with van der Waals surface area (Å²) in [4.78, 5) is 15.4. The number of nitrogens with zero attached hydrogens (tertiary/aromatic N) is 2. The van der Waals surface area contributed by atoms with E-state index in [0.29, 0.717) is 24.5 Å². The number of aromatic nitrogens is 1. The lowest BCUT2D eigenvalue weighted by Crippen LogP contribution is -2.31. The highest BCUT2D eigenvalue weighted by molar-refractivity contribution is 9.10. The molecule has 0 spiro atoms. The molecule has 0 radical (unpaired) electrons. The number of hydrogen-bond donors (Lipinski definition) is 1. The Morgan fingerprint density at radius 2 is 2.04 bits per heavy atom. The number of halogens is 1. The number of hydrogen-bond acceptors (Lipinski definition) is 5. The minimum absolute atomic E-state index is 0.186. The SMILES string of the molecule is CC(=O)Nc1ccc(S(=O)(=O)N2CC[C@H](Oc3ncccc3Br)C2)cc1. The number of amides is 1. The van der Waals surface area contributed by atoms with Crippen LogP contribution in [0.1, 0.15) is 13.3 Å². The normalized spacial score (nSPS) is 17.8. The number of nitrogens with one attached hydrogen (secondary N) is 1. The highest BCUT2D eigenvalue weighted by Gasteiger charge is 2.34. The molecule has 1 aromatic heterocycles. The van der Waals surface area contributed by atoms with E-state index < -0.39 is 10.0 Å². The summed E-state index contributed by atoms with van der Waals surface area (Å²) in [5, 5.41) is 2.61. The number of carbonyl (C=O) groups is 1. The predicted molar refractivity (Wildman–Crippen MR) is 100 cm³/mol. The van der Waals surface area contributed by atoms with Crippen molar-refractivity contribution in [2.75, 3.05) is 18.4 Å². The monoisotopic (exact) mass is 439 g/mol. The maximum absolute atomic E-state index is 12.8. The van der Waals surface area contributed by atoms with Gasteiger partial charge in [-0.2, -0.15) is 4.31 Å². The maximum atomic E-state index is 12.8. The van der Waals surface area contributed by atoms with Gasteiger partial charge in [0.15, 0.2) is 0 Å². The molecule has 1 aliphatic heterocycles. The molecule has 9 heteroatoms. The third-order valence-electron chi connectivity index (χ3n) is 3.92. The zero-order valence-electron chi connectivity index (χ0n) is 14.1. The van der Waals surface area contributed by atoms with Gasteiger partial charge in [0.05, 0.1) is 15.9 Å². The number of carbonyl (C=O) groups excluding carboxylic acids is 1. The second-order valence-corrected chi connectivity index (χ2v) is 8.68. The Morgan fingerprint density at radius 1 is 1.31 bits per heavy atom. The number of anilines is 1. The molecule has 0 aliphatic carbocycles. The molecule has 138 valence electrons. The first-order valence-electron chi connectivity index (χ1n) is 8.01. The van der Waals surface area contributed by atoms with Crippen molar-refractivity contribution in [3.05, 3.63) is 47.1 Å². The van der Waals surface area contributed by atoms with Gasteiger partial charge in [0, 0.05) is 25.4 Å². The molecule has 1 atom stereocenters. The van der Waals surface area contributed by atoms with Gasteiger partial charge < -0.3 is 10.1 Å². The second kappa shape index (κ2) is 7.73. The first-order valence-corrected chi connectivity index (χ1v) is 10.2. The van der Waals surface area contributed by atoms with Gasteiger partial charge in [-0.05, 0) is 58.7 Å². The van der Waals surface area contributed by atoms with Gasteiger partial charge in [-0.25, -0.2) is 13.4 Å². The largest absolute Gasteiger partial charge is 0.472 e. The Bertz CT molecular complexity index is 902. The number of sulfonamides is 1. The van der Waals surface area contributed by atoms with Crippen molar-refractivity contribution in [3.63, 3.8) is 0 Å². The Kier molecular flexibility index (Phi) is 5.59. The van der Waals surface area contributed by atoms with E-state index in [2.05, 4.69) is 26.2 Å². The fourth-order valence-corrected chi connectivity index (χ4v) is 4.53. The van der Waals surface area contributed by atoms with E-state index in [9.17, 15) is 13.2 Å². The molecule has 0 unspecified atom stereocenters. The average Bonchev–Trinajstić information content (AvgIpc) is 3.06. The van der Waals surface area contributed by atoms with Gasteiger partial charge in [-0.1, -0.05) is 0 Å². The standard InChI is InChI=1S/C17H18BrN3O4S/c1-12(22)20-13-4-6-15(7-5-13)26(23,24)21-10-8-14(11-21)25-17-16(18)3-2-9-19-17/h2-7,9,14H,8,10-11H2,1H3,(H,20,22)/t14-/m0/s1. The second-order valence-electron chi connectivity index (χ2n) is 5.89. The van der Waals surface area contributed by atoms with Gasteiger partial charge in [0.2, 0.25) is 21.8 Å². The summed E-state index contributed by atoms with van der Waals surface area (Å²) in [6.07, 6.45) is 1.96. The van der Waals surface area contributed by atoms with Crippen LogP contribution in [0.25, 0.3) is 0 Å². The number of ether oxygens (including phenoxy) is 1. The minimum atomic E-state index is -3.61. The maximum Gasteiger partial charge on any atom is 0.243 e. The van der Waals surface area contributed by atoms with Crippen LogP contribution in [-0.4, -0.2) is 42.8 Å². The van der Waals surface area contributed by atoms with Crippen LogP contribution in [0.3, 0.4) is 0 Å². The Labute approximate surface area is 160 Å². The van der Waals surface area contributed by atoms with Gasteiger partial charge in [-0.3, -0.25) is 4.79 Å². The molecule has 3 rings (SSSR count). The molecular weight excluding hydrogens is 422 g/mol. The van der Waals surface area contributed by atoms with Gasteiger partial charge in [0.1, 0.15) is 6.10 Å². The molecule has 1 aromatic carbocycles. The van der Waals surface area contributed by atoms with Crippen molar-refractivity contribution < 1.29 is 17.9 Å². The molecule has 1 saturated heterocycles. The van der Waals surface area contributed by atoms with Crippen LogP contribution in [0.4, 0.5) is 5.69 Å². The van der Waals surface area contributed by atoms with Gasteiger partial charge in [-0.15, -0.1) is 0 Å². The summed E-state index contributed by atoms with van der Waals surface area (Å²) in [6.45, 7) is 2.04. The van der Waals surface area contributed by atoms with Crippen LogP contribution >= 0.6 is 15.9 Å². The van der Waals surface area contributed by atoms with Crippen LogP contribution in [-0.2, 0) is 14.8 Å². The van der Waals surface area contributed by atoms with Crippen molar-refractivity contribution in [1.82, 2.24) is 9.29 Å². The number of pyridine rings is 1. The lowest BCUT2D eigenvalue weighted by molar-refractivity contribution is -0.114. The first kappa shape index (κ1) is 18.8. The van der Waals surface area contributed by atoms with Crippen molar-refractivity contribution in [2.24, 2.45) is 0 Å². The molecule has 26 heavy (non-hydrogen) atoms. The smallest absolute Gasteiger partial charge is 0.243 e. The fraction of sp³-hybridized carbons (Fsp3) is 0.294. The molecule has 1 aliphatic rings. The van der Waals surface area contributed by atoms with E-state index in [1.165, 1.54) is 23.4 Å². The van der Waals surface area contributed by atoms with E-state index in [1.807, 2.05) is 6.07 Å². The number of rotatable bonds is 5. The van der Waals surface area contributed by atoms with E-state index >= 15 is 0 Å². The van der Waals surface area contributed by atoms with E-state index in [-0.39, 0.29) is 23.5 Å². The molecule has 1 fully saturated rings. The molecule has 7 nitrogen and oxygen atoms in total. The lowest BCUT2D eigenvalue weighted by Gasteiger charge is -2.17. The Morgan fingerprint density at radius 3 is 2.69 bits per heavy atom. The topological polar surface area (TPSA) is 88.6 Å². The quantitative estimate of drug-likeness (QED) is 0.773. The third-order valence-corrected chi connectivity index (χ3v) is 6.41. The molecule has 1 N–H and O–H groups in total. The summed E-state index contributed by atoms with van der Waals surface area (Å²) in [6, 6.07) is 9.73. The van der Waals surface area contributed by atoms with Crippen LogP contribution in [0.5, 0.6) is 5.88 Å². The summed E-state index contributed by atoms with van der Waals surface area (Å²) in [5.74, 6) is 0.247. The van der Waals surface area contributed by atoms with Crippen LogP contribution in [0, 0.1) is 0 Å². The molecule has 0 saturated carbocycles. The average molecular weight is 440 g/mol. The van der Waals surface area contributed by atoms with Crippen LogP contribution in [0.15, 0.2) is 52.0 Å². The van der Waals surface area contributed by atoms with Crippen molar-refractivity contribution in [3.8, 4) is 5.88 Å². The fourth-order valence-electron chi connectivity index (χ4n) is 2.69. The third kappa shape index (κ3) is 4.22. The highest BCUT2D eigenvalue weighted by Crippen LogP contribution is 2.27. The lowest BCUT2D eigenvalue weighted by atomic mass is 10.3.